The van der Waals surface area contributed by atoms with Gasteiger partial charge in [0.1, 0.15) is 6.10 Å². The van der Waals surface area contributed by atoms with Crippen molar-refractivity contribution in [3.05, 3.63) is 0 Å². The number of methoxy groups -OCH3 is 1. The topological polar surface area (TPSA) is 41.9 Å². The molecule has 1 N–H and O–H groups in total. The van der Waals surface area contributed by atoms with E-state index >= 15 is 0 Å². The summed E-state index contributed by atoms with van der Waals surface area (Å²) in [6.07, 6.45) is 1.96. The highest BCUT2D eigenvalue weighted by Crippen LogP contribution is 2.23. The minimum absolute atomic E-state index is 0.0655. The minimum atomic E-state index is -0.485. The normalized spacial score (nSPS) is 35.6. The van der Waals surface area contributed by atoms with Gasteiger partial charge in [-0.05, 0) is 19.4 Å². The Kier molecular flexibility index (Phi) is 3.38. The van der Waals surface area contributed by atoms with Crippen molar-refractivity contribution in [3.8, 4) is 0 Å². The maximum absolute atomic E-state index is 9.72. The highest BCUT2D eigenvalue weighted by atomic mass is 16.5. The largest absolute Gasteiger partial charge is 0.388 e. The van der Waals surface area contributed by atoms with Gasteiger partial charge in [-0.2, -0.15) is 0 Å². The highest BCUT2D eigenvalue weighted by Gasteiger charge is 2.34. The second-order valence-corrected chi connectivity index (χ2v) is 4.19. The molecule has 0 aromatic heterocycles. The molecule has 2 aliphatic heterocycles. The van der Waals surface area contributed by atoms with E-state index in [1.54, 1.807) is 7.11 Å². The van der Waals surface area contributed by atoms with E-state index in [-0.39, 0.29) is 6.10 Å². The molecule has 0 saturated carbocycles. The van der Waals surface area contributed by atoms with Gasteiger partial charge in [0.25, 0.3) is 0 Å². The molecule has 2 aliphatic rings. The molecule has 2 heterocycles. The van der Waals surface area contributed by atoms with Crippen LogP contribution in [0, 0.1) is 0 Å². The van der Waals surface area contributed by atoms with E-state index in [9.17, 15) is 5.11 Å². The molecule has 0 radical (unpaired) electrons. The summed E-state index contributed by atoms with van der Waals surface area (Å²) in [7, 11) is 1.60. The molecule has 2 fully saturated rings. The van der Waals surface area contributed by atoms with Crippen LogP contribution in [0.15, 0.2) is 0 Å². The van der Waals surface area contributed by atoms with Gasteiger partial charge in [0.2, 0.25) is 0 Å². The molecule has 0 aliphatic carbocycles. The molecule has 2 rings (SSSR count). The van der Waals surface area contributed by atoms with Gasteiger partial charge in [-0.15, -0.1) is 0 Å². The third-order valence-corrected chi connectivity index (χ3v) is 3.18. The Labute approximate surface area is 84.8 Å². The molecule has 0 bridgehead atoms. The minimum Gasteiger partial charge on any atom is -0.388 e. The lowest BCUT2D eigenvalue weighted by Gasteiger charge is -2.37. The molecular formula is C10H19NO3. The number of aliphatic hydroxyl groups is 1. The molecule has 14 heavy (non-hydrogen) atoms. The summed E-state index contributed by atoms with van der Waals surface area (Å²) in [5.41, 5.74) is 0. The van der Waals surface area contributed by atoms with Crippen molar-refractivity contribution in [2.75, 3.05) is 33.4 Å². The van der Waals surface area contributed by atoms with Crippen molar-refractivity contribution >= 4 is 0 Å². The van der Waals surface area contributed by atoms with Crippen molar-refractivity contribution in [2.24, 2.45) is 0 Å². The summed E-state index contributed by atoms with van der Waals surface area (Å²) in [6, 6.07) is 0.598. The summed E-state index contributed by atoms with van der Waals surface area (Å²) in [6.45, 7) is 3.15. The van der Waals surface area contributed by atoms with Crippen LogP contribution in [-0.2, 0) is 9.47 Å². The predicted octanol–water partition coefficient (Wildman–Crippen LogP) is -0.143. The van der Waals surface area contributed by atoms with E-state index in [4.69, 9.17) is 9.47 Å². The zero-order valence-electron chi connectivity index (χ0n) is 8.69. The average molecular weight is 201 g/mol. The smallest absolute Gasteiger partial charge is 0.105 e. The van der Waals surface area contributed by atoms with Crippen LogP contribution in [0.25, 0.3) is 0 Å². The Bertz CT molecular complexity index is 188. The molecular weight excluding hydrogens is 182 g/mol. The predicted molar refractivity (Wildman–Crippen MR) is 52.2 cm³/mol. The number of rotatable bonds is 3. The van der Waals surface area contributed by atoms with Crippen LogP contribution in [0.1, 0.15) is 12.8 Å². The third kappa shape index (κ3) is 2.08. The fraction of sp³-hybridized carbons (Fsp3) is 1.00. The second-order valence-electron chi connectivity index (χ2n) is 4.19. The summed E-state index contributed by atoms with van der Waals surface area (Å²) in [5, 5.41) is 9.72. The van der Waals surface area contributed by atoms with Crippen LogP contribution >= 0.6 is 0 Å². The van der Waals surface area contributed by atoms with Crippen molar-refractivity contribution in [3.63, 3.8) is 0 Å². The summed E-state index contributed by atoms with van der Waals surface area (Å²) in [4.78, 5) is 2.42. The number of morpholine rings is 1. The van der Waals surface area contributed by atoms with E-state index in [0.29, 0.717) is 12.6 Å². The molecule has 4 nitrogen and oxygen atoms in total. The van der Waals surface area contributed by atoms with Gasteiger partial charge in [-0.25, -0.2) is 0 Å². The Balaban J connectivity index is 1.84. The van der Waals surface area contributed by atoms with Gasteiger partial charge in [0.15, 0.2) is 0 Å². The van der Waals surface area contributed by atoms with Crippen LogP contribution < -0.4 is 0 Å². The van der Waals surface area contributed by atoms with Crippen molar-refractivity contribution in [2.45, 2.75) is 31.1 Å². The lowest BCUT2D eigenvalue weighted by Crippen LogP contribution is -2.51. The zero-order chi connectivity index (χ0) is 9.97. The molecule has 2 saturated heterocycles. The molecule has 0 spiro atoms. The van der Waals surface area contributed by atoms with Crippen LogP contribution in [0.4, 0.5) is 0 Å². The number of fused-ring (bicyclic) bond motifs is 1. The van der Waals surface area contributed by atoms with Gasteiger partial charge < -0.3 is 14.6 Å². The summed E-state index contributed by atoms with van der Waals surface area (Å²) >= 11 is 0. The Morgan fingerprint density at radius 2 is 2.50 bits per heavy atom. The maximum Gasteiger partial charge on any atom is 0.105 e. The maximum atomic E-state index is 9.72. The SMILES string of the molecule is COCC(O)C1CN2CCCC2CO1. The van der Waals surface area contributed by atoms with Crippen LogP contribution in [0.5, 0.6) is 0 Å². The standard InChI is InChI=1S/C10H19NO3/c1-13-7-9(12)10-5-11-4-2-3-8(11)6-14-10/h8-10,12H,2-7H2,1H3. The highest BCUT2D eigenvalue weighted by molar-refractivity contribution is 4.87. The first kappa shape index (κ1) is 10.4. The summed E-state index contributed by atoms with van der Waals surface area (Å²) in [5.74, 6) is 0. The van der Waals surface area contributed by atoms with Gasteiger partial charge in [-0.3, -0.25) is 4.90 Å². The molecule has 3 atom stereocenters. The molecule has 0 amide bonds. The van der Waals surface area contributed by atoms with E-state index in [2.05, 4.69) is 4.90 Å². The van der Waals surface area contributed by atoms with E-state index in [1.807, 2.05) is 0 Å². The lowest BCUT2D eigenvalue weighted by molar-refractivity contribution is -0.116. The molecule has 0 aromatic rings. The third-order valence-electron chi connectivity index (χ3n) is 3.18. The van der Waals surface area contributed by atoms with E-state index in [0.717, 1.165) is 19.7 Å². The van der Waals surface area contributed by atoms with Gasteiger partial charge >= 0.3 is 0 Å². The number of ether oxygens (including phenoxy) is 2. The average Bonchev–Trinajstić information content (AvgIpc) is 2.64. The Morgan fingerprint density at radius 3 is 3.29 bits per heavy atom. The van der Waals surface area contributed by atoms with Crippen LogP contribution in [0.2, 0.25) is 0 Å². The number of aliphatic hydroxyl groups excluding tert-OH is 1. The fourth-order valence-electron chi connectivity index (χ4n) is 2.35. The number of nitrogens with zero attached hydrogens (tertiary/aromatic N) is 1. The quantitative estimate of drug-likeness (QED) is 0.690. The Hall–Kier alpha value is -0.160. The molecule has 3 unspecified atom stereocenters. The van der Waals surface area contributed by atoms with E-state index in [1.165, 1.54) is 12.8 Å². The summed E-state index contributed by atoms with van der Waals surface area (Å²) < 4.78 is 10.6. The number of hydrogen-bond donors (Lipinski definition) is 1. The van der Waals surface area contributed by atoms with Crippen LogP contribution in [0.3, 0.4) is 0 Å². The second kappa shape index (κ2) is 4.57. The van der Waals surface area contributed by atoms with Crippen molar-refractivity contribution < 1.29 is 14.6 Å². The van der Waals surface area contributed by atoms with Crippen molar-refractivity contribution in [1.29, 1.82) is 0 Å². The first-order chi connectivity index (χ1) is 6.81. The Morgan fingerprint density at radius 1 is 1.64 bits per heavy atom. The first-order valence-corrected chi connectivity index (χ1v) is 5.34. The molecule has 0 aromatic carbocycles. The van der Waals surface area contributed by atoms with Gasteiger partial charge in [0, 0.05) is 19.7 Å². The zero-order valence-corrected chi connectivity index (χ0v) is 8.69. The molecule has 4 heteroatoms. The van der Waals surface area contributed by atoms with Crippen LogP contribution in [-0.4, -0.2) is 61.7 Å². The van der Waals surface area contributed by atoms with Crippen molar-refractivity contribution in [1.82, 2.24) is 4.90 Å². The van der Waals surface area contributed by atoms with E-state index < -0.39 is 6.10 Å². The fourth-order valence-corrected chi connectivity index (χ4v) is 2.35. The number of hydrogen-bond acceptors (Lipinski definition) is 4. The lowest BCUT2D eigenvalue weighted by atomic mass is 10.1. The monoisotopic (exact) mass is 201 g/mol. The first-order valence-electron chi connectivity index (χ1n) is 5.34. The van der Waals surface area contributed by atoms with Gasteiger partial charge in [0.05, 0.1) is 19.3 Å². The molecule has 82 valence electrons. The van der Waals surface area contributed by atoms with Gasteiger partial charge in [-0.1, -0.05) is 0 Å².